The molecule has 3 aromatic rings. The number of aromatic hydroxyl groups is 1. The third-order valence-corrected chi connectivity index (χ3v) is 13.7. The molecule has 484 valence electrons. The third-order valence-electron chi connectivity index (χ3n) is 13.7. The van der Waals surface area contributed by atoms with E-state index >= 15 is 0 Å². The van der Waals surface area contributed by atoms with Crippen LogP contribution in [0.25, 0.3) is 0 Å². The van der Waals surface area contributed by atoms with E-state index in [1.54, 1.807) is 33.8 Å². The van der Waals surface area contributed by atoms with Crippen LogP contribution in [0.15, 0.2) is 83.9 Å². The first-order valence-electron chi connectivity index (χ1n) is 29.5. The van der Waals surface area contributed by atoms with E-state index in [-0.39, 0.29) is 154 Å². The molecular formula is C59H88N14O15. The summed E-state index contributed by atoms with van der Waals surface area (Å²) in [5.74, 6) is -5.46. The van der Waals surface area contributed by atoms with Crippen LogP contribution in [0.1, 0.15) is 61.6 Å². The number of aliphatic carboxylic acids is 3. The Morgan fingerprint density at radius 2 is 1.09 bits per heavy atom. The number of nitrogens with two attached hydrogens (primary N) is 1. The fourth-order valence-corrected chi connectivity index (χ4v) is 9.01. The molecule has 0 aliphatic carbocycles. The van der Waals surface area contributed by atoms with E-state index in [1.165, 1.54) is 12.1 Å². The van der Waals surface area contributed by atoms with Crippen LogP contribution < -0.4 is 48.3 Å². The van der Waals surface area contributed by atoms with Crippen molar-refractivity contribution in [3.63, 3.8) is 0 Å². The lowest BCUT2D eigenvalue weighted by Crippen LogP contribution is -2.50. The average Bonchev–Trinajstić information content (AvgIpc) is 3.35. The summed E-state index contributed by atoms with van der Waals surface area (Å²) in [4.78, 5) is 123. The van der Waals surface area contributed by atoms with Gasteiger partial charge in [-0.25, -0.2) is 4.79 Å². The van der Waals surface area contributed by atoms with Crippen molar-refractivity contribution in [1.82, 2.24) is 56.8 Å². The molecule has 0 aromatic heterocycles. The summed E-state index contributed by atoms with van der Waals surface area (Å²) in [6, 6.07) is 21.3. The van der Waals surface area contributed by atoms with Crippen LogP contribution in [-0.4, -0.2) is 250 Å². The van der Waals surface area contributed by atoms with Crippen molar-refractivity contribution >= 4 is 65.1 Å². The maximum Gasteiger partial charge on any atom is 0.321 e. The molecule has 29 heteroatoms. The second-order valence-corrected chi connectivity index (χ2v) is 20.6. The van der Waals surface area contributed by atoms with Crippen LogP contribution in [0.5, 0.6) is 5.75 Å². The standard InChI is InChI=1S/C59H88N14O15/c1-2-49(75)63-23-24-66-59(86)69-58(60)65-20-6-10-48(56(84)67-38-43-11-17-47(74)18-12-43)68-57(85)55(44-8-4-3-5-9-44)45-13-15-46(16-14-45)61-21-7-22-62-50(76)19-34-87-36-37-88-35-25-64-51(77)39-70-26-28-71(40-52(78)79)30-32-73(42-54(82)83)33-31-72(29-27-70)41-53(80)81/h3-5,8-9,11-18,48,55,61,74H,2,6-7,10,19-42H2,1H3,(H,62,76)(H,63,75)(H,64,77)(H,67,84)(H,68,85)(H,78,79)(H,80,81)(H,82,83)(H4,60,65,66,69,86)/t48-,55-/m1/s1. The van der Waals surface area contributed by atoms with Gasteiger partial charge in [0.25, 0.3) is 0 Å². The molecule has 1 fully saturated rings. The van der Waals surface area contributed by atoms with E-state index in [4.69, 9.17) is 15.2 Å². The number of nitrogens with one attached hydrogen (secondary N) is 8. The Labute approximate surface area is 512 Å². The second-order valence-electron chi connectivity index (χ2n) is 20.6. The first kappa shape index (κ1) is 72.0. The lowest BCUT2D eigenvalue weighted by Gasteiger charge is -2.32. The molecule has 14 N–H and O–H groups in total. The van der Waals surface area contributed by atoms with Gasteiger partial charge in [-0.3, -0.25) is 68.3 Å². The summed E-state index contributed by atoms with van der Waals surface area (Å²) < 4.78 is 11.2. The van der Waals surface area contributed by atoms with Gasteiger partial charge < -0.3 is 72.9 Å². The summed E-state index contributed by atoms with van der Waals surface area (Å²) in [6.45, 7) is 5.87. The number of phenolic OH excluding ortho intramolecular Hbond substituents is 1. The Morgan fingerprint density at radius 1 is 0.557 bits per heavy atom. The zero-order valence-corrected chi connectivity index (χ0v) is 50.1. The molecule has 1 aliphatic rings. The lowest BCUT2D eigenvalue weighted by atomic mass is 9.90. The van der Waals surface area contributed by atoms with Gasteiger partial charge in [0.05, 0.1) is 58.5 Å². The van der Waals surface area contributed by atoms with Crippen molar-refractivity contribution < 1.29 is 73.1 Å². The van der Waals surface area contributed by atoms with Crippen LogP contribution in [0, 0.1) is 0 Å². The topological polar surface area (TPSA) is 401 Å². The van der Waals surface area contributed by atoms with Gasteiger partial charge in [0.2, 0.25) is 29.5 Å². The number of hydrogen-bond acceptors (Lipinski definition) is 18. The number of anilines is 1. The summed E-state index contributed by atoms with van der Waals surface area (Å²) in [7, 11) is 0. The summed E-state index contributed by atoms with van der Waals surface area (Å²) >= 11 is 0. The van der Waals surface area contributed by atoms with Crippen LogP contribution in [0.2, 0.25) is 0 Å². The number of amides is 7. The molecule has 0 unspecified atom stereocenters. The number of phenols is 1. The monoisotopic (exact) mass is 1230 g/mol. The summed E-state index contributed by atoms with van der Waals surface area (Å²) in [5.41, 5.74) is 8.82. The van der Waals surface area contributed by atoms with Crippen molar-refractivity contribution in [1.29, 1.82) is 0 Å². The van der Waals surface area contributed by atoms with E-state index in [2.05, 4.69) is 47.5 Å². The minimum Gasteiger partial charge on any atom is -0.508 e. The number of guanidine groups is 1. The number of ether oxygens (including phenoxy) is 2. The minimum atomic E-state index is -1.04. The number of aliphatic imine (C=N–C) groups is 1. The largest absolute Gasteiger partial charge is 0.508 e. The van der Waals surface area contributed by atoms with Gasteiger partial charge in [-0.15, -0.1) is 0 Å². The number of urea groups is 1. The first-order chi connectivity index (χ1) is 42.4. The van der Waals surface area contributed by atoms with Gasteiger partial charge in [-0.05, 0) is 60.2 Å². The van der Waals surface area contributed by atoms with Crippen LogP contribution >= 0.6 is 0 Å². The van der Waals surface area contributed by atoms with Crippen molar-refractivity contribution in [2.45, 2.75) is 57.5 Å². The van der Waals surface area contributed by atoms with Crippen LogP contribution in [-0.2, 0) is 54.4 Å². The molecule has 1 aliphatic heterocycles. The number of carboxylic acid groups (broad SMARTS) is 3. The third kappa shape index (κ3) is 31.2. The Morgan fingerprint density at radius 3 is 1.67 bits per heavy atom. The maximum absolute atomic E-state index is 14.3. The average molecular weight is 1230 g/mol. The van der Waals surface area contributed by atoms with Gasteiger partial charge >= 0.3 is 23.9 Å². The van der Waals surface area contributed by atoms with Gasteiger partial charge in [-0.2, -0.15) is 0 Å². The molecule has 7 amide bonds. The van der Waals surface area contributed by atoms with E-state index in [1.807, 2.05) is 59.5 Å². The predicted octanol–water partition coefficient (Wildman–Crippen LogP) is -0.821. The van der Waals surface area contributed by atoms with Crippen molar-refractivity contribution in [2.75, 3.05) is 150 Å². The number of rotatable bonds is 37. The highest BCUT2D eigenvalue weighted by molar-refractivity contribution is 5.95. The van der Waals surface area contributed by atoms with Gasteiger partial charge in [0, 0.05) is 117 Å². The molecule has 0 spiro atoms. The molecule has 29 nitrogen and oxygen atoms in total. The predicted molar refractivity (Wildman–Crippen MR) is 326 cm³/mol. The second kappa shape index (κ2) is 41.6. The SMILES string of the molecule is CCC(=O)NCCNC(=O)NC(N)=NCCC[C@@H](NC(=O)[C@H](c1ccccc1)c1ccc(NCCCNC(=O)CCOCCOCCNC(=O)CN2CCN(CC(=O)O)CCN(CC(=O)O)CCN(CC(=O)O)CC2)cc1)C(=O)NCc1ccc(O)cc1. The molecule has 0 saturated carbocycles. The smallest absolute Gasteiger partial charge is 0.321 e. The fraction of sp³-hybridized carbons (Fsp3) is 0.525. The van der Waals surface area contributed by atoms with Crippen molar-refractivity contribution in [3.8, 4) is 5.75 Å². The minimum absolute atomic E-state index is 0.0178. The van der Waals surface area contributed by atoms with E-state index < -0.39 is 47.7 Å². The van der Waals surface area contributed by atoms with E-state index in [0.29, 0.717) is 69.7 Å². The molecule has 0 bridgehead atoms. The number of carbonyl (C=O) groups is 9. The normalized spacial score (nSPS) is 14.6. The van der Waals surface area contributed by atoms with E-state index in [9.17, 15) is 63.6 Å². The highest BCUT2D eigenvalue weighted by Crippen LogP contribution is 2.27. The Bertz CT molecular complexity index is 2640. The van der Waals surface area contributed by atoms with Gasteiger partial charge in [-0.1, -0.05) is 61.5 Å². The molecule has 1 saturated heterocycles. The highest BCUT2D eigenvalue weighted by Gasteiger charge is 2.28. The van der Waals surface area contributed by atoms with E-state index in [0.717, 1.165) is 11.3 Å². The summed E-state index contributed by atoms with van der Waals surface area (Å²) in [5, 5.41) is 60.5. The van der Waals surface area contributed by atoms with Gasteiger partial charge in [0.15, 0.2) is 5.96 Å². The number of nitrogens with zero attached hydrogens (tertiary/aromatic N) is 5. The Balaban J connectivity index is 1.16. The zero-order chi connectivity index (χ0) is 63.9. The molecule has 88 heavy (non-hydrogen) atoms. The fourth-order valence-electron chi connectivity index (χ4n) is 9.01. The summed E-state index contributed by atoms with van der Waals surface area (Å²) in [6.07, 6.45) is 1.55. The molecule has 0 radical (unpaired) electrons. The quantitative estimate of drug-likeness (QED) is 0.0190. The zero-order valence-electron chi connectivity index (χ0n) is 50.1. The van der Waals surface area contributed by atoms with Crippen molar-refractivity contribution in [2.24, 2.45) is 10.7 Å². The lowest BCUT2D eigenvalue weighted by molar-refractivity contribution is -0.140. The molecular weight excluding hydrogens is 1140 g/mol. The number of carboxylic acids is 3. The van der Waals surface area contributed by atoms with Crippen LogP contribution in [0.3, 0.4) is 0 Å². The number of hydrogen-bond donors (Lipinski definition) is 13. The molecule has 2 atom stereocenters. The first-order valence-corrected chi connectivity index (χ1v) is 29.5. The molecule has 1 heterocycles. The maximum atomic E-state index is 14.3. The molecule has 4 rings (SSSR count). The number of carbonyl (C=O) groups excluding carboxylic acids is 6. The number of benzene rings is 3. The Hall–Kier alpha value is -8.48. The van der Waals surface area contributed by atoms with Crippen molar-refractivity contribution in [3.05, 3.63) is 95.6 Å². The van der Waals surface area contributed by atoms with Crippen LogP contribution in [0.4, 0.5) is 10.5 Å². The molecule has 3 aromatic carbocycles. The van der Waals surface area contributed by atoms with Gasteiger partial charge in [0.1, 0.15) is 11.8 Å². The highest BCUT2D eigenvalue weighted by atomic mass is 16.5. The Kier molecular flexibility index (Phi) is 34.0.